The molecule has 0 bridgehead atoms. The Labute approximate surface area is 129 Å². The third-order valence-corrected chi connectivity index (χ3v) is 3.56. The average molecular weight is 293 g/mol. The Balaban J connectivity index is 1.85. The molecule has 2 aromatic heterocycles. The van der Waals surface area contributed by atoms with Gasteiger partial charge < -0.3 is 9.72 Å². The van der Waals surface area contributed by atoms with E-state index in [9.17, 15) is 0 Å². The molecule has 0 aliphatic heterocycles. The Bertz CT molecular complexity index is 777. The van der Waals surface area contributed by atoms with Crippen molar-refractivity contribution in [1.29, 1.82) is 0 Å². The second kappa shape index (κ2) is 6.43. The van der Waals surface area contributed by atoms with Crippen LogP contribution >= 0.6 is 0 Å². The Morgan fingerprint density at radius 1 is 1.23 bits per heavy atom. The highest BCUT2D eigenvalue weighted by Crippen LogP contribution is 2.27. The normalized spacial score (nSPS) is 10.8. The van der Waals surface area contributed by atoms with Crippen molar-refractivity contribution < 1.29 is 4.74 Å². The van der Waals surface area contributed by atoms with E-state index < -0.39 is 0 Å². The van der Waals surface area contributed by atoms with Crippen LogP contribution in [0.25, 0.3) is 11.0 Å². The van der Waals surface area contributed by atoms with Crippen molar-refractivity contribution in [2.24, 2.45) is 0 Å². The summed E-state index contributed by atoms with van der Waals surface area (Å²) in [6.07, 6.45) is 5.36. The number of benzene rings is 1. The zero-order chi connectivity index (χ0) is 15.4. The van der Waals surface area contributed by atoms with Crippen LogP contribution in [-0.2, 0) is 13.0 Å². The molecule has 0 radical (unpaired) electrons. The monoisotopic (exact) mass is 293 g/mol. The van der Waals surface area contributed by atoms with Crippen LogP contribution in [-0.4, -0.2) is 15.0 Å². The maximum Gasteiger partial charge on any atom is 0.226 e. The maximum absolute atomic E-state index is 5.92. The van der Waals surface area contributed by atoms with Crippen LogP contribution in [0.3, 0.4) is 0 Å². The van der Waals surface area contributed by atoms with E-state index in [0.29, 0.717) is 12.5 Å². The molecule has 0 aliphatic rings. The first-order chi connectivity index (χ1) is 10.7. The fraction of sp³-hybridized carbons (Fsp3) is 0.222. The first-order valence-electron chi connectivity index (χ1n) is 7.36. The van der Waals surface area contributed by atoms with Crippen LogP contribution in [0.4, 0.5) is 0 Å². The van der Waals surface area contributed by atoms with Gasteiger partial charge in [0.15, 0.2) is 0 Å². The third-order valence-electron chi connectivity index (χ3n) is 3.56. The maximum atomic E-state index is 5.92. The summed E-state index contributed by atoms with van der Waals surface area (Å²) in [6.45, 7) is 6.50. The number of H-pyrrole nitrogens is 1. The lowest BCUT2D eigenvalue weighted by Gasteiger charge is -2.07. The van der Waals surface area contributed by atoms with Crippen molar-refractivity contribution in [3.8, 4) is 5.88 Å². The van der Waals surface area contributed by atoms with Crippen LogP contribution in [0.5, 0.6) is 5.88 Å². The molecule has 0 aliphatic carbocycles. The van der Waals surface area contributed by atoms with Gasteiger partial charge in [-0.05, 0) is 30.9 Å². The van der Waals surface area contributed by atoms with E-state index >= 15 is 0 Å². The van der Waals surface area contributed by atoms with Gasteiger partial charge in [-0.25, -0.2) is 9.97 Å². The Morgan fingerprint density at radius 3 is 2.82 bits per heavy atom. The number of hydrogen-bond acceptors (Lipinski definition) is 3. The lowest BCUT2D eigenvalue weighted by Crippen LogP contribution is -1.99. The van der Waals surface area contributed by atoms with Gasteiger partial charge in [-0.15, -0.1) is 6.58 Å². The Kier molecular flexibility index (Phi) is 4.19. The molecule has 1 N–H and O–H groups in total. The minimum atomic E-state index is 0.498. The minimum Gasteiger partial charge on any atom is -0.472 e. The van der Waals surface area contributed by atoms with Crippen molar-refractivity contribution in [1.82, 2.24) is 15.0 Å². The highest BCUT2D eigenvalue weighted by atomic mass is 16.5. The molecule has 4 nitrogen and oxygen atoms in total. The van der Waals surface area contributed by atoms with Gasteiger partial charge in [0.1, 0.15) is 18.6 Å². The number of nitrogens with zero attached hydrogens (tertiary/aromatic N) is 2. The summed E-state index contributed by atoms with van der Waals surface area (Å²) < 4.78 is 5.92. The van der Waals surface area contributed by atoms with Crippen molar-refractivity contribution in [2.75, 3.05) is 0 Å². The number of ether oxygens (including phenoxy) is 1. The van der Waals surface area contributed by atoms with E-state index in [4.69, 9.17) is 4.74 Å². The van der Waals surface area contributed by atoms with E-state index in [1.54, 1.807) is 0 Å². The molecule has 22 heavy (non-hydrogen) atoms. The number of aromatic amines is 1. The summed E-state index contributed by atoms with van der Waals surface area (Å²) in [6, 6.07) is 10.1. The number of nitrogens with one attached hydrogen (secondary N) is 1. The summed E-state index contributed by atoms with van der Waals surface area (Å²) in [7, 11) is 0. The van der Waals surface area contributed by atoms with Crippen molar-refractivity contribution in [3.63, 3.8) is 0 Å². The van der Waals surface area contributed by atoms with Gasteiger partial charge in [0.25, 0.3) is 0 Å². The molecule has 0 spiro atoms. The molecule has 0 fully saturated rings. The molecule has 1 aromatic carbocycles. The van der Waals surface area contributed by atoms with Gasteiger partial charge in [-0.3, -0.25) is 0 Å². The predicted octanol–water partition coefficient (Wildman–Crippen LogP) is 4.05. The number of aromatic nitrogens is 3. The van der Waals surface area contributed by atoms with Gasteiger partial charge >= 0.3 is 0 Å². The number of aryl methyl sites for hydroxylation is 1. The summed E-state index contributed by atoms with van der Waals surface area (Å²) in [4.78, 5) is 11.8. The third kappa shape index (κ3) is 3.17. The molecule has 3 aromatic rings. The topological polar surface area (TPSA) is 50.8 Å². The van der Waals surface area contributed by atoms with Crippen molar-refractivity contribution >= 4 is 11.0 Å². The quantitative estimate of drug-likeness (QED) is 0.698. The fourth-order valence-corrected chi connectivity index (χ4v) is 2.38. The highest BCUT2D eigenvalue weighted by molar-refractivity contribution is 5.84. The lowest BCUT2D eigenvalue weighted by molar-refractivity contribution is 0.297. The van der Waals surface area contributed by atoms with Gasteiger partial charge in [-0.1, -0.05) is 35.9 Å². The number of hydrogen-bond donors (Lipinski definition) is 1. The summed E-state index contributed by atoms with van der Waals surface area (Å²) >= 11 is 0. The van der Waals surface area contributed by atoms with E-state index in [2.05, 4.69) is 21.5 Å². The Morgan fingerprint density at radius 2 is 2.05 bits per heavy atom. The second-order valence-corrected chi connectivity index (χ2v) is 5.45. The molecule has 0 saturated heterocycles. The number of rotatable bonds is 6. The average Bonchev–Trinajstić information content (AvgIpc) is 2.96. The molecular formula is C18H19N3O. The van der Waals surface area contributed by atoms with Gasteiger partial charge in [0.2, 0.25) is 5.88 Å². The molecule has 0 saturated carbocycles. The van der Waals surface area contributed by atoms with Crippen LogP contribution in [0.2, 0.25) is 0 Å². The summed E-state index contributed by atoms with van der Waals surface area (Å²) in [5.41, 5.74) is 4.27. The SMILES string of the molecule is C=C(C)CCc1c[nH]c2ncnc(OCc3ccccc3)c12. The van der Waals surface area contributed by atoms with Crippen molar-refractivity contribution in [3.05, 3.63) is 66.1 Å². The first-order valence-corrected chi connectivity index (χ1v) is 7.36. The first kappa shape index (κ1) is 14.3. The van der Waals surface area contributed by atoms with Crippen LogP contribution in [0, 0.1) is 0 Å². The van der Waals surface area contributed by atoms with E-state index in [1.807, 2.05) is 43.5 Å². The predicted molar refractivity (Wildman–Crippen MR) is 87.8 cm³/mol. The minimum absolute atomic E-state index is 0.498. The molecular weight excluding hydrogens is 274 g/mol. The van der Waals surface area contributed by atoms with E-state index in [0.717, 1.165) is 35.0 Å². The molecule has 0 amide bonds. The van der Waals surface area contributed by atoms with Gasteiger partial charge in [0, 0.05) is 6.20 Å². The summed E-state index contributed by atoms with van der Waals surface area (Å²) in [5, 5.41) is 0.972. The lowest BCUT2D eigenvalue weighted by atomic mass is 10.1. The number of fused-ring (bicyclic) bond motifs is 1. The Hall–Kier alpha value is -2.62. The zero-order valence-corrected chi connectivity index (χ0v) is 12.7. The van der Waals surface area contributed by atoms with Gasteiger partial charge in [-0.2, -0.15) is 0 Å². The van der Waals surface area contributed by atoms with E-state index in [1.165, 1.54) is 11.9 Å². The van der Waals surface area contributed by atoms with E-state index in [-0.39, 0.29) is 0 Å². The van der Waals surface area contributed by atoms with Gasteiger partial charge in [0.05, 0.1) is 5.39 Å². The summed E-state index contributed by atoms with van der Waals surface area (Å²) in [5.74, 6) is 0.631. The highest BCUT2D eigenvalue weighted by Gasteiger charge is 2.12. The largest absolute Gasteiger partial charge is 0.472 e. The van der Waals surface area contributed by atoms with Crippen LogP contribution in [0.15, 0.2) is 55.0 Å². The standard InChI is InChI=1S/C18H19N3O/c1-13(2)8-9-15-10-19-17-16(15)18(21-12-20-17)22-11-14-6-4-3-5-7-14/h3-7,10,12H,1,8-9,11H2,2H3,(H,19,20,21). The molecule has 112 valence electrons. The zero-order valence-electron chi connectivity index (χ0n) is 12.7. The molecule has 3 rings (SSSR count). The van der Waals surface area contributed by atoms with Crippen molar-refractivity contribution in [2.45, 2.75) is 26.4 Å². The number of allylic oxidation sites excluding steroid dienone is 1. The van der Waals surface area contributed by atoms with Crippen LogP contribution in [0.1, 0.15) is 24.5 Å². The van der Waals surface area contributed by atoms with Crippen LogP contribution < -0.4 is 4.74 Å². The fourth-order valence-electron chi connectivity index (χ4n) is 2.38. The molecule has 4 heteroatoms. The smallest absolute Gasteiger partial charge is 0.226 e. The molecule has 0 unspecified atom stereocenters. The molecule has 0 atom stereocenters. The molecule has 2 heterocycles. The second-order valence-electron chi connectivity index (χ2n) is 5.45.